The molecule has 18 heavy (non-hydrogen) atoms. The second-order valence-electron chi connectivity index (χ2n) is 6.81. The molecule has 1 unspecified atom stereocenters. The van der Waals surface area contributed by atoms with Crippen molar-refractivity contribution in [3.05, 3.63) is 0 Å². The summed E-state index contributed by atoms with van der Waals surface area (Å²) in [6.07, 6.45) is 11.4. The van der Waals surface area contributed by atoms with Crippen LogP contribution in [0, 0.1) is 5.41 Å². The van der Waals surface area contributed by atoms with Crippen LogP contribution in [0.3, 0.4) is 0 Å². The zero-order chi connectivity index (χ0) is 12.8. The summed E-state index contributed by atoms with van der Waals surface area (Å²) in [5, 5.41) is 3.89. The predicted molar refractivity (Wildman–Crippen MR) is 78.9 cm³/mol. The van der Waals surface area contributed by atoms with Crippen molar-refractivity contribution in [1.82, 2.24) is 10.2 Å². The molecule has 1 atom stereocenters. The maximum Gasteiger partial charge on any atom is 0.00799 e. The summed E-state index contributed by atoms with van der Waals surface area (Å²) in [5.74, 6) is 0. The van der Waals surface area contributed by atoms with Crippen molar-refractivity contribution in [1.29, 1.82) is 0 Å². The van der Waals surface area contributed by atoms with Crippen molar-refractivity contribution in [2.45, 2.75) is 71.3 Å². The van der Waals surface area contributed by atoms with Crippen LogP contribution in [0.1, 0.15) is 65.2 Å². The van der Waals surface area contributed by atoms with Gasteiger partial charge in [-0.3, -0.25) is 0 Å². The lowest BCUT2D eigenvalue weighted by Gasteiger charge is -2.35. The topological polar surface area (TPSA) is 15.3 Å². The van der Waals surface area contributed by atoms with Gasteiger partial charge in [-0.15, -0.1) is 0 Å². The molecule has 0 bridgehead atoms. The largest absolute Gasteiger partial charge is 0.313 e. The standard InChI is InChI=1S/C16H32N2/c1-3-18-12-7-8-15(9-13-18)17-14-16(2)10-5-4-6-11-16/h15,17H,3-14H2,1-2H3. The first-order chi connectivity index (χ1) is 8.72. The Bertz CT molecular complexity index is 233. The molecule has 2 heteroatoms. The molecular formula is C16H32N2. The highest BCUT2D eigenvalue weighted by Gasteiger charge is 2.27. The summed E-state index contributed by atoms with van der Waals surface area (Å²) in [6, 6.07) is 0.778. The average molecular weight is 252 g/mol. The zero-order valence-corrected chi connectivity index (χ0v) is 12.5. The van der Waals surface area contributed by atoms with Crippen molar-refractivity contribution in [2.24, 2.45) is 5.41 Å². The molecule has 2 fully saturated rings. The van der Waals surface area contributed by atoms with E-state index in [0.29, 0.717) is 5.41 Å². The van der Waals surface area contributed by atoms with Gasteiger partial charge in [0.2, 0.25) is 0 Å². The van der Waals surface area contributed by atoms with Crippen LogP contribution in [-0.2, 0) is 0 Å². The number of likely N-dealkylation sites (tertiary alicyclic amines) is 1. The molecule has 0 aromatic rings. The van der Waals surface area contributed by atoms with Crippen molar-refractivity contribution in [2.75, 3.05) is 26.2 Å². The molecule has 0 spiro atoms. The fraction of sp³-hybridized carbons (Fsp3) is 1.00. The van der Waals surface area contributed by atoms with Crippen LogP contribution in [-0.4, -0.2) is 37.1 Å². The minimum atomic E-state index is 0.592. The van der Waals surface area contributed by atoms with Crippen LogP contribution in [0.5, 0.6) is 0 Å². The Kier molecular flexibility index (Phi) is 5.50. The van der Waals surface area contributed by atoms with E-state index in [1.165, 1.54) is 77.5 Å². The first kappa shape index (κ1) is 14.3. The van der Waals surface area contributed by atoms with Crippen LogP contribution >= 0.6 is 0 Å². The lowest BCUT2D eigenvalue weighted by Crippen LogP contribution is -2.39. The third-order valence-electron chi connectivity index (χ3n) is 5.15. The maximum atomic E-state index is 3.89. The SMILES string of the molecule is CCN1CCCC(NCC2(C)CCCCC2)CC1. The van der Waals surface area contributed by atoms with Crippen molar-refractivity contribution in [3.8, 4) is 0 Å². The molecule has 2 nitrogen and oxygen atoms in total. The second kappa shape index (κ2) is 6.91. The van der Waals surface area contributed by atoms with E-state index in [1.54, 1.807) is 0 Å². The van der Waals surface area contributed by atoms with Gasteiger partial charge in [0, 0.05) is 12.6 Å². The molecule has 1 aliphatic carbocycles. The minimum Gasteiger partial charge on any atom is -0.313 e. The summed E-state index contributed by atoms with van der Waals surface area (Å²) in [6.45, 7) is 9.87. The van der Waals surface area contributed by atoms with Gasteiger partial charge in [0.15, 0.2) is 0 Å². The summed E-state index contributed by atoms with van der Waals surface area (Å²) in [4.78, 5) is 2.60. The lowest BCUT2D eigenvalue weighted by molar-refractivity contribution is 0.197. The molecular weight excluding hydrogens is 220 g/mol. The van der Waals surface area contributed by atoms with Gasteiger partial charge in [-0.1, -0.05) is 33.1 Å². The lowest BCUT2D eigenvalue weighted by atomic mass is 9.75. The molecule has 0 amide bonds. The Morgan fingerprint density at radius 2 is 1.83 bits per heavy atom. The Hall–Kier alpha value is -0.0800. The van der Waals surface area contributed by atoms with Gasteiger partial charge in [0.25, 0.3) is 0 Å². The van der Waals surface area contributed by atoms with Gasteiger partial charge in [0.1, 0.15) is 0 Å². The van der Waals surface area contributed by atoms with E-state index in [4.69, 9.17) is 0 Å². The number of nitrogens with zero attached hydrogens (tertiary/aromatic N) is 1. The Morgan fingerprint density at radius 1 is 1.06 bits per heavy atom. The molecule has 1 N–H and O–H groups in total. The van der Waals surface area contributed by atoms with Crippen molar-refractivity contribution < 1.29 is 0 Å². The van der Waals surface area contributed by atoms with E-state index in [1.807, 2.05) is 0 Å². The first-order valence-electron chi connectivity index (χ1n) is 8.18. The molecule has 0 radical (unpaired) electrons. The van der Waals surface area contributed by atoms with Gasteiger partial charge in [-0.25, -0.2) is 0 Å². The quantitative estimate of drug-likeness (QED) is 0.825. The van der Waals surface area contributed by atoms with Crippen LogP contribution in [0.2, 0.25) is 0 Å². The number of nitrogens with one attached hydrogen (secondary N) is 1. The summed E-state index contributed by atoms with van der Waals surface area (Å²) in [5.41, 5.74) is 0.592. The maximum absolute atomic E-state index is 3.89. The number of hydrogen-bond acceptors (Lipinski definition) is 2. The number of rotatable bonds is 4. The Labute approximate surface area is 114 Å². The highest BCUT2D eigenvalue weighted by molar-refractivity contribution is 4.83. The predicted octanol–water partition coefficient (Wildman–Crippen LogP) is 3.42. The first-order valence-corrected chi connectivity index (χ1v) is 8.18. The van der Waals surface area contributed by atoms with Crippen LogP contribution in [0.25, 0.3) is 0 Å². The molecule has 1 aliphatic heterocycles. The van der Waals surface area contributed by atoms with E-state index < -0.39 is 0 Å². The molecule has 2 rings (SSSR count). The van der Waals surface area contributed by atoms with E-state index >= 15 is 0 Å². The van der Waals surface area contributed by atoms with Crippen LogP contribution < -0.4 is 5.32 Å². The molecule has 1 heterocycles. The van der Waals surface area contributed by atoms with Gasteiger partial charge in [-0.05, 0) is 57.2 Å². The van der Waals surface area contributed by atoms with E-state index in [2.05, 4.69) is 24.1 Å². The number of hydrogen-bond donors (Lipinski definition) is 1. The minimum absolute atomic E-state index is 0.592. The van der Waals surface area contributed by atoms with Gasteiger partial charge < -0.3 is 10.2 Å². The smallest absolute Gasteiger partial charge is 0.00799 e. The zero-order valence-electron chi connectivity index (χ0n) is 12.5. The molecule has 2 aliphatic rings. The van der Waals surface area contributed by atoms with Crippen molar-refractivity contribution >= 4 is 0 Å². The third-order valence-corrected chi connectivity index (χ3v) is 5.15. The van der Waals surface area contributed by atoms with E-state index in [9.17, 15) is 0 Å². The average Bonchev–Trinajstić information content (AvgIpc) is 2.62. The Morgan fingerprint density at radius 3 is 2.56 bits per heavy atom. The fourth-order valence-electron chi connectivity index (χ4n) is 3.65. The molecule has 0 aromatic heterocycles. The molecule has 106 valence electrons. The summed E-state index contributed by atoms with van der Waals surface area (Å²) < 4.78 is 0. The molecule has 1 saturated heterocycles. The van der Waals surface area contributed by atoms with Crippen LogP contribution in [0.4, 0.5) is 0 Å². The third kappa shape index (κ3) is 4.24. The fourth-order valence-corrected chi connectivity index (χ4v) is 3.65. The van der Waals surface area contributed by atoms with E-state index in [0.717, 1.165) is 6.04 Å². The van der Waals surface area contributed by atoms with Crippen LogP contribution in [0.15, 0.2) is 0 Å². The second-order valence-corrected chi connectivity index (χ2v) is 6.81. The highest BCUT2D eigenvalue weighted by Crippen LogP contribution is 2.35. The van der Waals surface area contributed by atoms with Gasteiger partial charge in [-0.2, -0.15) is 0 Å². The highest BCUT2D eigenvalue weighted by atomic mass is 15.1. The summed E-state index contributed by atoms with van der Waals surface area (Å²) in [7, 11) is 0. The molecule has 0 aromatic carbocycles. The Balaban J connectivity index is 1.72. The monoisotopic (exact) mass is 252 g/mol. The van der Waals surface area contributed by atoms with E-state index in [-0.39, 0.29) is 0 Å². The van der Waals surface area contributed by atoms with Gasteiger partial charge >= 0.3 is 0 Å². The molecule has 1 saturated carbocycles. The summed E-state index contributed by atoms with van der Waals surface area (Å²) >= 11 is 0. The normalized spacial score (nSPS) is 30.0. The van der Waals surface area contributed by atoms with Gasteiger partial charge in [0.05, 0.1) is 0 Å². The van der Waals surface area contributed by atoms with Crippen molar-refractivity contribution in [3.63, 3.8) is 0 Å².